The minimum Gasteiger partial charge on any atom is -0.444 e. The van der Waals surface area contributed by atoms with Crippen LogP contribution in [0.15, 0.2) is 78.9 Å². The number of amides is 1. The summed E-state index contributed by atoms with van der Waals surface area (Å²) in [5.41, 5.74) is 1.53. The lowest BCUT2D eigenvalue weighted by molar-refractivity contribution is -0.125. The number of benzene rings is 3. The second-order valence-corrected chi connectivity index (χ2v) is 9.10. The van der Waals surface area contributed by atoms with Gasteiger partial charge >= 0.3 is 5.97 Å². The molecule has 1 amide bonds. The van der Waals surface area contributed by atoms with Gasteiger partial charge in [-0.25, -0.2) is 17.6 Å². The summed E-state index contributed by atoms with van der Waals surface area (Å²) in [6, 6.07) is 19.6. The van der Waals surface area contributed by atoms with E-state index < -0.39 is 33.6 Å². The van der Waals surface area contributed by atoms with E-state index in [1.807, 2.05) is 0 Å². The number of anilines is 1. The summed E-state index contributed by atoms with van der Waals surface area (Å²) in [5, 5.41) is 2.61. The van der Waals surface area contributed by atoms with E-state index in [0.717, 1.165) is 6.26 Å². The molecule has 1 N–H and O–H groups in total. The van der Waals surface area contributed by atoms with Crippen LogP contribution in [0.2, 0.25) is 0 Å². The van der Waals surface area contributed by atoms with Gasteiger partial charge in [0.2, 0.25) is 6.10 Å². The third-order valence-electron chi connectivity index (χ3n) is 4.30. The average Bonchev–Trinajstić information content (AvgIpc) is 2.73. The summed E-state index contributed by atoms with van der Waals surface area (Å²) in [6.45, 7) is 0. The quantitative estimate of drug-likeness (QED) is 0.562. The fraction of sp³-hybridized carbons (Fsp3) is 0.130. The first-order chi connectivity index (χ1) is 14.7. The van der Waals surface area contributed by atoms with Crippen LogP contribution in [0.4, 0.5) is 10.1 Å². The van der Waals surface area contributed by atoms with Crippen LogP contribution in [0.25, 0.3) is 0 Å². The van der Waals surface area contributed by atoms with E-state index in [2.05, 4.69) is 5.32 Å². The van der Waals surface area contributed by atoms with Crippen molar-refractivity contribution in [3.63, 3.8) is 0 Å². The van der Waals surface area contributed by atoms with Crippen molar-refractivity contribution < 1.29 is 27.1 Å². The van der Waals surface area contributed by atoms with E-state index in [9.17, 15) is 22.4 Å². The van der Waals surface area contributed by atoms with Gasteiger partial charge in [-0.2, -0.15) is 0 Å². The molecule has 0 saturated heterocycles. The molecule has 0 bridgehead atoms. The second kappa shape index (κ2) is 9.53. The highest BCUT2D eigenvalue weighted by Gasteiger charge is 2.26. The molecule has 0 radical (unpaired) electrons. The Morgan fingerprint density at radius 2 is 1.55 bits per heavy atom. The highest BCUT2D eigenvalue weighted by Crippen LogP contribution is 2.22. The smallest absolute Gasteiger partial charge is 0.339 e. The topological polar surface area (TPSA) is 89.5 Å². The molecular formula is C23H20FNO5S. The lowest BCUT2D eigenvalue weighted by Crippen LogP contribution is -2.26. The number of sulfone groups is 1. The fourth-order valence-electron chi connectivity index (χ4n) is 2.86. The number of carbonyl (C=O) groups excluding carboxylic acids is 2. The van der Waals surface area contributed by atoms with Crippen LogP contribution < -0.4 is 5.32 Å². The van der Waals surface area contributed by atoms with Crippen molar-refractivity contribution in [3.8, 4) is 0 Å². The lowest BCUT2D eigenvalue weighted by atomic mass is 10.1. The molecule has 0 heterocycles. The Morgan fingerprint density at radius 1 is 0.935 bits per heavy atom. The van der Waals surface area contributed by atoms with Crippen molar-refractivity contribution in [2.45, 2.75) is 11.9 Å². The third kappa shape index (κ3) is 6.48. The van der Waals surface area contributed by atoms with Gasteiger partial charge in [0.1, 0.15) is 5.82 Å². The van der Waals surface area contributed by atoms with Crippen LogP contribution in [-0.4, -0.2) is 26.6 Å². The van der Waals surface area contributed by atoms with Crippen LogP contribution in [0.5, 0.6) is 0 Å². The molecule has 0 spiro atoms. The van der Waals surface area contributed by atoms with E-state index in [4.69, 9.17) is 4.74 Å². The number of nitrogens with one attached hydrogen (secondary N) is 1. The van der Waals surface area contributed by atoms with E-state index in [1.54, 1.807) is 30.3 Å². The molecule has 0 fully saturated rings. The second-order valence-electron chi connectivity index (χ2n) is 6.96. The Hall–Kier alpha value is -3.52. The van der Waals surface area contributed by atoms with Crippen molar-refractivity contribution in [1.29, 1.82) is 0 Å². The summed E-state index contributed by atoms with van der Waals surface area (Å²) >= 11 is 0. The molecule has 3 rings (SSSR count). The lowest BCUT2D eigenvalue weighted by Gasteiger charge is -2.18. The SMILES string of the molecule is CS(=O)(=O)Cc1ccc(C(=O)OC(C(=O)Nc2ccc(F)cc2)c2ccccc2)cc1. The number of carbonyl (C=O) groups is 2. The van der Waals surface area contributed by atoms with Crippen LogP contribution in [0.1, 0.15) is 27.6 Å². The van der Waals surface area contributed by atoms with E-state index >= 15 is 0 Å². The summed E-state index contributed by atoms with van der Waals surface area (Å²) in [6.07, 6.45) is -0.117. The largest absolute Gasteiger partial charge is 0.444 e. The average molecular weight is 441 g/mol. The van der Waals surface area contributed by atoms with Gasteiger partial charge in [0.05, 0.1) is 11.3 Å². The number of halogens is 1. The van der Waals surface area contributed by atoms with Gasteiger partial charge in [-0.3, -0.25) is 4.79 Å². The van der Waals surface area contributed by atoms with Crippen molar-refractivity contribution in [2.75, 3.05) is 11.6 Å². The zero-order valence-electron chi connectivity index (χ0n) is 16.6. The molecule has 0 aliphatic carbocycles. The van der Waals surface area contributed by atoms with Crippen LogP contribution in [-0.2, 0) is 25.1 Å². The normalized spacial score (nSPS) is 12.1. The van der Waals surface area contributed by atoms with E-state index in [1.165, 1.54) is 48.5 Å². The van der Waals surface area contributed by atoms with Gasteiger partial charge in [0.25, 0.3) is 5.91 Å². The molecule has 6 nitrogen and oxygen atoms in total. The summed E-state index contributed by atoms with van der Waals surface area (Å²) in [5.74, 6) is -1.92. The number of rotatable bonds is 7. The predicted octanol–water partition coefficient (Wildman–Crippen LogP) is 3.91. The molecule has 3 aromatic carbocycles. The standard InChI is InChI=1S/C23H20FNO5S/c1-31(28,29)15-16-7-9-18(10-8-16)23(27)30-21(17-5-3-2-4-6-17)22(26)25-20-13-11-19(24)12-14-20/h2-14,21H,15H2,1H3,(H,25,26). The van der Waals surface area contributed by atoms with Gasteiger partial charge in [-0.15, -0.1) is 0 Å². The molecule has 1 unspecified atom stereocenters. The highest BCUT2D eigenvalue weighted by molar-refractivity contribution is 7.89. The Balaban J connectivity index is 1.79. The Bertz CT molecular complexity index is 1160. The molecule has 160 valence electrons. The number of hydrogen-bond acceptors (Lipinski definition) is 5. The van der Waals surface area contributed by atoms with Gasteiger partial charge in [-0.05, 0) is 42.0 Å². The maximum absolute atomic E-state index is 13.1. The first kappa shape index (κ1) is 22.2. The van der Waals surface area contributed by atoms with Crippen LogP contribution >= 0.6 is 0 Å². The first-order valence-electron chi connectivity index (χ1n) is 9.30. The molecule has 0 aliphatic rings. The van der Waals surface area contributed by atoms with Gasteiger partial charge in [-0.1, -0.05) is 42.5 Å². The summed E-state index contributed by atoms with van der Waals surface area (Å²) in [4.78, 5) is 25.5. The minimum absolute atomic E-state index is 0.144. The first-order valence-corrected chi connectivity index (χ1v) is 11.4. The monoisotopic (exact) mass is 441 g/mol. The van der Waals surface area contributed by atoms with Crippen molar-refractivity contribution >= 4 is 27.4 Å². The third-order valence-corrected chi connectivity index (χ3v) is 5.15. The van der Waals surface area contributed by atoms with Crippen molar-refractivity contribution in [3.05, 3.63) is 101 Å². The molecule has 31 heavy (non-hydrogen) atoms. The zero-order chi connectivity index (χ0) is 22.4. The predicted molar refractivity (Wildman–Crippen MR) is 115 cm³/mol. The van der Waals surface area contributed by atoms with Crippen LogP contribution in [0.3, 0.4) is 0 Å². The maximum Gasteiger partial charge on any atom is 0.339 e. The highest BCUT2D eigenvalue weighted by atomic mass is 32.2. The van der Waals surface area contributed by atoms with Gasteiger partial charge in [0, 0.05) is 17.5 Å². The van der Waals surface area contributed by atoms with Crippen LogP contribution in [0, 0.1) is 5.82 Å². The number of esters is 1. The van der Waals surface area contributed by atoms with Gasteiger partial charge < -0.3 is 10.1 Å². The molecule has 0 aromatic heterocycles. The molecule has 8 heteroatoms. The molecular weight excluding hydrogens is 421 g/mol. The van der Waals surface area contributed by atoms with Gasteiger partial charge in [0.15, 0.2) is 9.84 Å². The van der Waals surface area contributed by atoms with E-state index in [0.29, 0.717) is 16.8 Å². The Labute approximate surface area is 179 Å². The number of hydrogen-bond donors (Lipinski definition) is 1. The summed E-state index contributed by atoms with van der Waals surface area (Å²) < 4.78 is 41.4. The summed E-state index contributed by atoms with van der Waals surface area (Å²) in [7, 11) is -3.20. The molecule has 3 aromatic rings. The number of ether oxygens (including phenoxy) is 1. The fourth-order valence-corrected chi connectivity index (χ4v) is 3.65. The van der Waals surface area contributed by atoms with E-state index in [-0.39, 0.29) is 11.3 Å². The van der Waals surface area contributed by atoms with Crippen molar-refractivity contribution in [1.82, 2.24) is 0 Å². The molecule has 1 atom stereocenters. The molecule has 0 aliphatic heterocycles. The van der Waals surface area contributed by atoms with Crippen molar-refractivity contribution in [2.24, 2.45) is 0 Å². The zero-order valence-corrected chi connectivity index (χ0v) is 17.4. The minimum atomic E-state index is -3.20. The Morgan fingerprint density at radius 3 is 2.13 bits per heavy atom. The molecule has 0 saturated carbocycles. The Kier molecular flexibility index (Phi) is 6.81. The maximum atomic E-state index is 13.1.